The van der Waals surface area contributed by atoms with Gasteiger partial charge in [-0.05, 0) is 55.0 Å². The van der Waals surface area contributed by atoms with Gasteiger partial charge in [0, 0.05) is 36.6 Å². The van der Waals surface area contributed by atoms with Crippen LogP contribution >= 0.6 is 0 Å². The lowest BCUT2D eigenvalue weighted by molar-refractivity contribution is -0.125. The Balaban J connectivity index is 1.19. The first-order chi connectivity index (χ1) is 20.6. The van der Waals surface area contributed by atoms with Crippen LogP contribution in [0.3, 0.4) is 0 Å². The number of aromatic nitrogens is 4. The van der Waals surface area contributed by atoms with Gasteiger partial charge in [-0.3, -0.25) is 9.48 Å². The third-order valence-electron chi connectivity index (χ3n) is 8.53. The molecule has 10 heteroatoms. The van der Waals surface area contributed by atoms with Gasteiger partial charge in [0.05, 0.1) is 48.2 Å². The second-order valence-corrected chi connectivity index (χ2v) is 11.6. The Bertz CT molecular complexity index is 1630. The number of aliphatic hydroxyl groups is 1. The van der Waals surface area contributed by atoms with Crippen molar-refractivity contribution in [2.75, 3.05) is 28.6 Å². The zero-order chi connectivity index (χ0) is 28.6. The van der Waals surface area contributed by atoms with E-state index in [-0.39, 0.29) is 17.9 Å². The number of carbonyl (C=O) groups is 1. The molecule has 1 aliphatic heterocycles. The molecule has 1 saturated heterocycles. The quantitative estimate of drug-likeness (QED) is 0.222. The van der Waals surface area contributed by atoms with E-state index < -0.39 is 6.10 Å². The molecule has 3 heterocycles. The van der Waals surface area contributed by atoms with Crippen molar-refractivity contribution in [3.05, 3.63) is 78.6 Å². The highest BCUT2D eigenvalue weighted by atomic mass is 16.3. The van der Waals surface area contributed by atoms with E-state index in [9.17, 15) is 9.90 Å². The van der Waals surface area contributed by atoms with Crippen LogP contribution in [-0.2, 0) is 17.8 Å². The maximum atomic E-state index is 12.9. The Kier molecular flexibility index (Phi) is 6.99. The molecule has 4 N–H and O–H groups in total. The van der Waals surface area contributed by atoms with Crippen LogP contribution in [0.25, 0.3) is 10.9 Å². The first-order valence-corrected chi connectivity index (χ1v) is 14.8. The molecule has 10 nitrogen and oxygen atoms in total. The number of amides is 1. The van der Waals surface area contributed by atoms with Crippen molar-refractivity contribution in [3.63, 3.8) is 0 Å². The van der Waals surface area contributed by atoms with Crippen LogP contribution in [0, 0.1) is 5.92 Å². The SMILES string of the molecule is C=CCn1ncc2ccc(Nc3ncc(N4CCC[C@@H](C(=O)NC5CC5)C4)c(N[C@H]4c5ccccc5C[C@H]4O)n3)cc21. The lowest BCUT2D eigenvalue weighted by Crippen LogP contribution is -2.44. The number of anilines is 4. The van der Waals surface area contributed by atoms with Gasteiger partial charge in [0.25, 0.3) is 0 Å². The van der Waals surface area contributed by atoms with E-state index in [1.807, 2.05) is 53.5 Å². The zero-order valence-electron chi connectivity index (χ0n) is 23.5. The first kappa shape index (κ1) is 26.5. The minimum Gasteiger partial charge on any atom is -0.390 e. The van der Waals surface area contributed by atoms with E-state index in [1.165, 1.54) is 0 Å². The number of carbonyl (C=O) groups excluding carboxylic acids is 1. The number of hydrogen-bond acceptors (Lipinski definition) is 8. The van der Waals surface area contributed by atoms with Crippen molar-refractivity contribution >= 4 is 40.0 Å². The van der Waals surface area contributed by atoms with Crippen molar-refractivity contribution in [2.45, 2.75) is 56.8 Å². The first-order valence-electron chi connectivity index (χ1n) is 14.8. The summed E-state index contributed by atoms with van der Waals surface area (Å²) in [6.07, 6.45) is 9.44. The number of fused-ring (bicyclic) bond motifs is 2. The van der Waals surface area contributed by atoms with E-state index >= 15 is 0 Å². The van der Waals surface area contributed by atoms with Gasteiger partial charge in [-0.1, -0.05) is 30.3 Å². The fourth-order valence-electron chi connectivity index (χ4n) is 6.17. The number of benzene rings is 2. The Morgan fingerprint density at radius 2 is 2.02 bits per heavy atom. The average Bonchev–Trinajstić information content (AvgIpc) is 3.65. The summed E-state index contributed by atoms with van der Waals surface area (Å²) < 4.78 is 1.90. The fourth-order valence-corrected chi connectivity index (χ4v) is 6.17. The Morgan fingerprint density at radius 1 is 1.14 bits per heavy atom. The van der Waals surface area contributed by atoms with Crippen LogP contribution in [0.2, 0.25) is 0 Å². The van der Waals surface area contributed by atoms with Crippen molar-refractivity contribution in [2.24, 2.45) is 5.92 Å². The average molecular weight is 565 g/mol. The van der Waals surface area contributed by atoms with Gasteiger partial charge in [0.15, 0.2) is 5.82 Å². The molecular weight excluding hydrogens is 528 g/mol. The standard InChI is InChI=1S/C32H36N8O2/c1-2-13-40-26-16-24(10-9-21(26)17-34-40)36-32-33-18-27(39-14-5-7-22(19-39)31(42)35-23-11-12-23)30(38-32)37-29-25-8-4-3-6-20(25)15-28(29)41/h2-4,6,8-10,16-18,22-23,28-29,41H,1,5,7,11-15,19H2,(H,35,42)(H2,33,36,37,38)/t22-,28-,29+/m1/s1. The monoisotopic (exact) mass is 564 g/mol. The summed E-state index contributed by atoms with van der Waals surface area (Å²) in [5.74, 6) is 1.14. The lowest BCUT2D eigenvalue weighted by Gasteiger charge is -2.35. The van der Waals surface area contributed by atoms with Crippen molar-refractivity contribution in [3.8, 4) is 0 Å². The number of hydrogen-bond donors (Lipinski definition) is 4. The molecular formula is C32H36N8O2. The second kappa shape index (κ2) is 11.1. The molecule has 1 saturated carbocycles. The smallest absolute Gasteiger partial charge is 0.229 e. The molecule has 3 aliphatic rings. The van der Waals surface area contributed by atoms with Gasteiger partial charge in [-0.2, -0.15) is 10.1 Å². The van der Waals surface area contributed by atoms with E-state index in [1.54, 1.807) is 0 Å². The van der Waals surface area contributed by atoms with Gasteiger partial charge in [-0.25, -0.2) is 4.98 Å². The van der Waals surface area contributed by atoms with Crippen molar-refractivity contribution in [1.29, 1.82) is 0 Å². The molecule has 42 heavy (non-hydrogen) atoms. The number of rotatable bonds is 9. The molecule has 3 atom stereocenters. The van der Waals surface area contributed by atoms with Gasteiger partial charge in [0.1, 0.15) is 0 Å². The van der Waals surface area contributed by atoms with Crippen LogP contribution in [0.15, 0.2) is 67.5 Å². The molecule has 2 fully saturated rings. The molecule has 4 aromatic rings. The van der Waals surface area contributed by atoms with E-state index in [2.05, 4.69) is 44.7 Å². The minimum atomic E-state index is -0.576. The predicted octanol–water partition coefficient (Wildman–Crippen LogP) is 4.32. The van der Waals surface area contributed by atoms with Crippen molar-refractivity contribution < 1.29 is 9.90 Å². The minimum absolute atomic E-state index is 0.0741. The number of nitrogens with one attached hydrogen (secondary N) is 3. The number of aliphatic hydroxyl groups excluding tert-OH is 1. The Morgan fingerprint density at radius 3 is 2.88 bits per heavy atom. The van der Waals surface area contributed by atoms with Gasteiger partial charge < -0.3 is 26.0 Å². The van der Waals surface area contributed by atoms with E-state index in [4.69, 9.17) is 9.97 Å². The van der Waals surface area contributed by atoms with E-state index in [0.29, 0.717) is 37.3 Å². The molecule has 0 spiro atoms. The molecule has 2 aromatic carbocycles. The largest absolute Gasteiger partial charge is 0.390 e. The summed E-state index contributed by atoms with van der Waals surface area (Å²) in [7, 11) is 0. The summed E-state index contributed by atoms with van der Waals surface area (Å²) in [6, 6.07) is 14.2. The van der Waals surface area contributed by atoms with Crippen molar-refractivity contribution in [1.82, 2.24) is 25.1 Å². The molecule has 0 unspecified atom stereocenters. The molecule has 7 rings (SSSR count). The number of piperidine rings is 1. The van der Waals surface area contributed by atoms with Gasteiger partial charge in [0.2, 0.25) is 11.9 Å². The Labute approximate surface area is 244 Å². The van der Waals surface area contributed by atoms with Crippen LogP contribution in [0.5, 0.6) is 0 Å². The van der Waals surface area contributed by atoms with E-state index in [0.717, 1.165) is 65.6 Å². The zero-order valence-corrected chi connectivity index (χ0v) is 23.5. The summed E-state index contributed by atoms with van der Waals surface area (Å²) in [4.78, 5) is 24.8. The topological polar surface area (TPSA) is 120 Å². The summed E-state index contributed by atoms with van der Waals surface area (Å²) in [6.45, 7) is 5.87. The molecule has 0 radical (unpaired) electrons. The lowest BCUT2D eigenvalue weighted by atomic mass is 9.96. The maximum Gasteiger partial charge on any atom is 0.229 e. The molecule has 216 valence electrons. The van der Waals surface area contributed by atoms with Crippen LogP contribution < -0.4 is 20.9 Å². The van der Waals surface area contributed by atoms with Crippen LogP contribution in [0.1, 0.15) is 42.9 Å². The predicted molar refractivity (Wildman–Crippen MR) is 164 cm³/mol. The summed E-state index contributed by atoms with van der Waals surface area (Å²) in [5.41, 5.74) is 4.87. The number of nitrogens with zero attached hydrogens (tertiary/aromatic N) is 5. The molecule has 0 bridgehead atoms. The second-order valence-electron chi connectivity index (χ2n) is 11.6. The molecule has 1 amide bonds. The highest BCUT2D eigenvalue weighted by Gasteiger charge is 2.34. The third kappa shape index (κ3) is 5.30. The maximum absolute atomic E-state index is 12.9. The van der Waals surface area contributed by atoms with Gasteiger partial charge in [-0.15, -0.1) is 6.58 Å². The third-order valence-corrected chi connectivity index (χ3v) is 8.53. The van der Waals surface area contributed by atoms with Crippen LogP contribution in [-0.4, -0.2) is 56.0 Å². The summed E-state index contributed by atoms with van der Waals surface area (Å²) in [5, 5.41) is 26.6. The normalized spacial score (nSPS) is 21.6. The molecule has 2 aliphatic carbocycles. The van der Waals surface area contributed by atoms with Gasteiger partial charge >= 0.3 is 0 Å². The highest BCUT2D eigenvalue weighted by molar-refractivity contribution is 5.83. The highest BCUT2D eigenvalue weighted by Crippen LogP contribution is 2.37. The summed E-state index contributed by atoms with van der Waals surface area (Å²) >= 11 is 0. The van der Waals surface area contributed by atoms with Crippen LogP contribution in [0.4, 0.5) is 23.1 Å². The Hall–Kier alpha value is -4.44. The number of allylic oxidation sites excluding steroid dienone is 1. The molecule has 2 aromatic heterocycles. The fraction of sp³-hybridized carbons (Fsp3) is 0.375.